The van der Waals surface area contributed by atoms with E-state index in [1.54, 1.807) is 12.1 Å². The smallest absolute Gasteiger partial charge is 0.227 e. The molecule has 0 atom stereocenters. The highest BCUT2D eigenvalue weighted by Gasteiger charge is 2.21. The molecule has 120 valence electrons. The molecule has 3 nitrogen and oxygen atoms in total. The second kappa shape index (κ2) is 6.82. The van der Waals surface area contributed by atoms with Crippen molar-refractivity contribution in [1.29, 1.82) is 0 Å². The van der Waals surface area contributed by atoms with Crippen molar-refractivity contribution in [3.8, 4) is 0 Å². The Balaban J connectivity index is 1.54. The van der Waals surface area contributed by atoms with Crippen molar-refractivity contribution in [1.82, 2.24) is 4.90 Å². The molecule has 4 heteroatoms. The molecule has 1 fully saturated rings. The van der Waals surface area contributed by atoms with E-state index in [4.69, 9.17) is 0 Å². The first-order valence-electron chi connectivity index (χ1n) is 7.96. The summed E-state index contributed by atoms with van der Waals surface area (Å²) in [6.45, 7) is 5.03. The molecule has 0 aromatic heterocycles. The fraction of sp³-hybridized carbons (Fsp3) is 0.316. The summed E-state index contributed by atoms with van der Waals surface area (Å²) in [6, 6.07) is 14.6. The fourth-order valence-corrected chi connectivity index (χ4v) is 2.86. The molecule has 1 aliphatic rings. The van der Waals surface area contributed by atoms with Gasteiger partial charge in [0.2, 0.25) is 5.91 Å². The lowest BCUT2D eigenvalue weighted by Crippen LogP contribution is -2.49. The van der Waals surface area contributed by atoms with Gasteiger partial charge in [0.15, 0.2) is 0 Å². The largest absolute Gasteiger partial charge is 0.368 e. The maximum Gasteiger partial charge on any atom is 0.227 e. The van der Waals surface area contributed by atoms with E-state index in [1.807, 2.05) is 36.1 Å². The minimum Gasteiger partial charge on any atom is -0.368 e. The number of piperazine rings is 1. The molecule has 0 bridgehead atoms. The number of carbonyl (C=O) groups is 1. The van der Waals surface area contributed by atoms with E-state index in [0.717, 1.165) is 24.3 Å². The summed E-state index contributed by atoms with van der Waals surface area (Å²) in [5.41, 5.74) is 3.27. The van der Waals surface area contributed by atoms with Gasteiger partial charge in [0.25, 0.3) is 0 Å². The van der Waals surface area contributed by atoms with E-state index >= 15 is 0 Å². The van der Waals surface area contributed by atoms with Crippen LogP contribution in [-0.4, -0.2) is 37.0 Å². The lowest BCUT2D eigenvalue weighted by molar-refractivity contribution is -0.130. The zero-order valence-electron chi connectivity index (χ0n) is 13.3. The fourth-order valence-electron chi connectivity index (χ4n) is 2.86. The molecule has 23 heavy (non-hydrogen) atoms. The van der Waals surface area contributed by atoms with Crippen LogP contribution in [-0.2, 0) is 11.2 Å². The summed E-state index contributed by atoms with van der Waals surface area (Å²) in [5.74, 6) is -0.0479. The zero-order valence-corrected chi connectivity index (χ0v) is 13.3. The van der Waals surface area contributed by atoms with E-state index < -0.39 is 0 Å². The van der Waals surface area contributed by atoms with Crippen LogP contribution in [0.5, 0.6) is 0 Å². The van der Waals surface area contributed by atoms with Crippen molar-refractivity contribution in [2.45, 2.75) is 13.3 Å². The van der Waals surface area contributed by atoms with Crippen LogP contribution in [0.3, 0.4) is 0 Å². The van der Waals surface area contributed by atoms with Gasteiger partial charge in [-0.15, -0.1) is 0 Å². The van der Waals surface area contributed by atoms with E-state index in [9.17, 15) is 9.18 Å². The van der Waals surface area contributed by atoms with Crippen molar-refractivity contribution < 1.29 is 9.18 Å². The van der Waals surface area contributed by atoms with Gasteiger partial charge < -0.3 is 9.80 Å². The third-order valence-electron chi connectivity index (χ3n) is 4.30. The summed E-state index contributed by atoms with van der Waals surface area (Å²) < 4.78 is 13.0. The number of hydrogen-bond donors (Lipinski definition) is 0. The number of rotatable bonds is 3. The number of benzene rings is 2. The Morgan fingerprint density at radius 2 is 1.57 bits per heavy atom. The van der Waals surface area contributed by atoms with Gasteiger partial charge in [-0.25, -0.2) is 4.39 Å². The molecule has 0 N–H and O–H groups in total. The first-order chi connectivity index (χ1) is 11.1. The molecule has 0 radical (unpaired) electrons. The SMILES string of the molecule is Cc1ccc(CC(=O)N2CCN(c3ccc(F)cc3)CC2)cc1. The lowest BCUT2D eigenvalue weighted by atomic mass is 10.1. The van der Waals surface area contributed by atoms with Crippen molar-refractivity contribution in [2.24, 2.45) is 0 Å². The second-order valence-corrected chi connectivity index (χ2v) is 6.01. The minimum absolute atomic E-state index is 0.174. The Morgan fingerprint density at radius 1 is 0.957 bits per heavy atom. The quantitative estimate of drug-likeness (QED) is 0.870. The summed E-state index contributed by atoms with van der Waals surface area (Å²) >= 11 is 0. The molecule has 1 saturated heterocycles. The Labute approximate surface area is 136 Å². The molecular formula is C19H21FN2O. The molecule has 0 aliphatic carbocycles. The number of amides is 1. The van der Waals surface area contributed by atoms with Crippen LogP contribution in [0.4, 0.5) is 10.1 Å². The second-order valence-electron chi connectivity index (χ2n) is 6.01. The molecule has 3 rings (SSSR count). The lowest BCUT2D eigenvalue weighted by Gasteiger charge is -2.36. The Hall–Kier alpha value is -2.36. The minimum atomic E-state index is -0.222. The molecule has 1 amide bonds. The van der Waals surface area contributed by atoms with Gasteiger partial charge in [0, 0.05) is 31.9 Å². The van der Waals surface area contributed by atoms with Gasteiger partial charge in [-0.05, 0) is 36.8 Å². The molecule has 1 aliphatic heterocycles. The summed E-state index contributed by atoms with van der Waals surface area (Å²) in [5, 5.41) is 0. The molecule has 1 heterocycles. The molecular weight excluding hydrogens is 291 g/mol. The highest BCUT2D eigenvalue weighted by atomic mass is 19.1. The van der Waals surface area contributed by atoms with Crippen molar-refractivity contribution in [3.05, 3.63) is 65.5 Å². The van der Waals surface area contributed by atoms with Gasteiger partial charge in [-0.3, -0.25) is 4.79 Å². The first-order valence-corrected chi connectivity index (χ1v) is 7.96. The predicted octanol–water partition coefficient (Wildman–Crippen LogP) is 3.03. The van der Waals surface area contributed by atoms with Gasteiger partial charge >= 0.3 is 0 Å². The molecule has 2 aromatic rings. The number of nitrogens with zero attached hydrogens (tertiary/aromatic N) is 2. The van der Waals surface area contributed by atoms with Gasteiger partial charge in [-0.1, -0.05) is 29.8 Å². The Morgan fingerprint density at radius 3 is 2.17 bits per heavy atom. The van der Waals surface area contributed by atoms with E-state index in [0.29, 0.717) is 19.5 Å². The number of halogens is 1. The number of hydrogen-bond acceptors (Lipinski definition) is 2. The van der Waals surface area contributed by atoms with Crippen LogP contribution in [0, 0.1) is 12.7 Å². The zero-order chi connectivity index (χ0) is 16.2. The van der Waals surface area contributed by atoms with E-state index in [1.165, 1.54) is 17.7 Å². The van der Waals surface area contributed by atoms with Crippen LogP contribution >= 0.6 is 0 Å². The predicted molar refractivity (Wildman–Crippen MR) is 90.1 cm³/mol. The third-order valence-corrected chi connectivity index (χ3v) is 4.30. The standard InChI is InChI=1S/C19H21FN2O/c1-15-2-4-16(5-3-15)14-19(23)22-12-10-21(11-13-22)18-8-6-17(20)7-9-18/h2-9H,10-14H2,1H3. The topological polar surface area (TPSA) is 23.6 Å². The van der Waals surface area contributed by atoms with Crippen LogP contribution in [0.25, 0.3) is 0 Å². The number of carbonyl (C=O) groups excluding carboxylic acids is 1. The highest BCUT2D eigenvalue weighted by molar-refractivity contribution is 5.79. The van der Waals surface area contributed by atoms with Gasteiger partial charge in [-0.2, -0.15) is 0 Å². The number of aryl methyl sites for hydroxylation is 1. The maximum absolute atomic E-state index is 13.0. The molecule has 0 saturated carbocycles. The van der Waals surface area contributed by atoms with Crippen LogP contribution < -0.4 is 4.90 Å². The normalized spacial score (nSPS) is 14.9. The highest BCUT2D eigenvalue weighted by Crippen LogP contribution is 2.17. The monoisotopic (exact) mass is 312 g/mol. The number of anilines is 1. The summed E-state index contributed by atoms with van der Waals surface area (Å²) in [7, 11) is 0. The Bertz CT molecular complexity index is 659. The average Bonchev–Trinajstić information content (AvgIpc) is 2.58. The summed E-state index contributed by atoms with van der Waals surface area (Å²) in [6.07, 6.45) is 0.455. The van der Waals surface area contributed by atoms with Gasteiger partial charge in [0.05, 0.1) is 6.42 Å². The third kappa shape index (κ3) is 3.89. The summed E-state index contributed by atoms with van der Waals surface area (Å²) in [4.78, 5) is 16.5. The van der Waals surface area contributed by atoms with Crippen molar-refractivity contribution in [3.63, 3.8) is 0 Å². The van der Waals surface area contributed by atoms with Crippen LogP contribution in [0.1, 0.15) is 11.1 Å². The van der Waals surface area contributed by atoms with Crippen LogP contribution in [0.2, 0.25) is 0 Å². The van der Waals surface area contributed by atoms with Crippen molar-refractivity contribution in [2.75, 3.05) is 31.1 Å². The Kier molecular flexibility index (Phi) is 4.60. The van der Waals surface area contributed by atoms with Crippen molar-refractivity contribution >= 4 is 11.6 Å². The average molecular weight is 312 g/mol. The molecule has 2 aromatic carbocycles. The van der Waals surface area contributed by atoms with E-state index in [2.05, 4.69) is 4.90 Å². The van der Waals surface area contributed by atoms with E-state index in [-0.39, 0.29) is 11.7 Å². The molecule has 0 unspecified atom stereocenters. The maximum atomic E-state index is 13.0. The van der Waals surface area contributed by atoms with Crippen LogP contribution in [0.15, 0.2) is 48.5 Å². The molecule has 0 spiro atoms. The first kappa shape index (κ1) is 15.5. The van der Waals surface area contributed by atoms with Gasteiger partial charge in [0.1, 0.15) is 5.82 Å².